The number of cyclic esters (lactones) is 1. The molecule has 3 nitrogen and oxygen atoms in total. The second kappa shape index (κ2) is 3.85. The second-order valence-corrected chi connectivity index (χ2v) is 4.58. The Morgan fingerprint density at radius 3 is 2.80 bits per heavy atom. The van der Waals surface area contributed by atoms with Crippen LogP contribution in [-0.4, -0.2) is 18.7 Å². The Balaban J connectivity index is 2.36. The summed E-state index contributed by atoms with van der Waals surface area (Å²) in [6.45, 7) is 4.44. The molecule has 15 heavy (non-hydrogen) atoms. The lowest BCUT2D eigenvalue weighted by Crippen LogP contribution is -2.30. The highest BCUT2D eigenvalue weighted by molar-refractivity contribution is 9.10. The van der Waals surface area contributed by atoms with Gasteiger partial charge in [-0.25, -0.2) is 4.79 Å². The van der Waals surface area contributed by atoms with Crippen LogP contribution in [0.1, 0.15) is 12.5 Å². The largest absolute Gasteiger partial charge is 0.447 e. The van der Waals surface area contributed by atoms with Crippen molar-refractivity contribution < 1.29 is 9.53 Å². The highest BCUT2D eigenvalue weighted by Crippen LogP contribution is 2.27. The minimum atomic E-state index is -0.260. The predicted octanol–water partition coefficient (Wildman–Crippen LogP) is 3.10. The first-order valence-electron chi connectivity index (χ1n) is 4.81. The third kappa shape index (κ3) is 1.86. The van der Waals surface area contributed by atoms with Crippen molar-refractivity contribution in [1.82, 2.24) is 0 Å². The highest BCUT2D eigenvalue weighted by atomic mass is 79.9. The first-order valence-corrected chi connectivity index (χ1v) is 5.61. The van der Waals surface area contributed by atoms with Gasteiger partial charge in [0.2, 0.25) is 0 Å². The van der Waals surface area contributed by atoms with Crippen LogP contribution in [-0.2, 0) is 4.74 Å². The molecule has 1 amide bonds. The molecule has 1 saturated heterocycles. The number of anilines is 1. The Labute approximate surface area is 97.2 Å². The molecule has 0 saturated carbocycles. The van der Waals surface area contributed by atoms with Crippen LogP contribution in [0.3, 0.4) is 0 Å². The second-order valence-electron chi connectivity index (χ2n) is 3.73. The fourth-order valence-corrected chi connectivity index (χ4v) is 1.90. The number of halogens is 1. The van der Waals surface area contributed by atoms with Crippen molar-refractivity contribution >= 4 is 27.7 Å². The van der Waals surface area contributed by atoms with Crippen molar-refractivity contribution in [3.63, 3.8) is 0 Å². The Bertz CT molecular complexity index is 406. The van der Waals surface area contributed by atoms with Gasteiger partial charge in [0.1, 0.15) is 6.61 Å². The SMILES string of the molecule is Cc1cc(N2C(=O)OCC2C)ccc1Br. The molecule has 0 spiro atoms. The number of ether oxygens (including phenoxy) is 1. The Hall–Kier alpha value is -1.03. The van der Waals surface area contributed by atoms with Gasteiger partial charge in [-0.15, -0.1) is 0 Å². The summed E-state index contributed by atoms with van der Waals surface area (Å²) in [7, 11) is 0. The molecule has 1 aliphatic rings. The summed E-state index contributed by atoms with van der Waals surface area (Å²) < 4.78 is 6.03. The van der Waals surface area contributed by atoms with Crippen LogP contribution in [0.2, 0.25) is 0 Å². The maximum absolute atomic E-state index is 11.5. The zero-order chi connectivity index (χ0) is 11.0. The fourth-order valence-electron chi connectivity index (χ4n) is 1.65. The molecule has 0 aliphatic carbocycles. The summed E-state index contributed by atoms with van der Waals surface area (Å²) in [6.07, 6.45) is -0.260. The molecule has 0 radical (unpaired) electrons. The van der Waals surface area contributed by atoms with E-state index in [4.69, 9.17) is 4.74 Å². The summed E-state index contributed by atoms with van der Waals surface area (Å²) in [6, 6.07) is 5.95. The first kappa shape index (κ1) is 10.5. The lowest BCUT2D eigenvalue weighted by atomic mass is 10.2. The van der Waals surface area contributed by atoms with E-state index >= 15 is 0 Å². The number of carbonyl (C=O) groups is 1. The van der Waals surface area contributed by atoms with Gasteiger partial charge in [-0.3, -0.25) is 4.90 Å². The van der Waals surface area contributed by atoms with Crippen LogP contribution in [0.25, 0.3) is 0 Å². The van der Waals surface area contributed by atoms with Crippen molar-refractivity contribution in [3.05, 3.63) is 28.2 Å². The van der Waals surface area contributed by atoms with E-state index in [2.05, 4.69) is 15.9 Å². The van der Waals surface area contributed by atoms with E-state index < -0.39 is 0 Å². The van der Waals surface area contributed by atoms with Gasteiger partial charge in [0.15, 0.2) is 0 Å². The summed E-state index contributed by atoms with van der Waals surface area (Å²) in [5.74, 6) is 0. The molecule has 0 aromatic heterocycles. The fraction of sp³-hybridized carbons (Fsp3) is 0.364. The zero-order valence-electron chi connectivity index (χ0n) is 8.66. The van der Waals surface area contributed by atoms with Crippen molar-refractivity contribution in [2.24, 2.45) is 0 Å². The molecule has 1 heterocycles. The van der Waals surface area contributed by atoms with E-state index in [-0.39, 0.29) is 12.1 Å². The summed E-state index contributed by atoms with van der Waals surface area (Å²) in [5, 5.41) is 0. The quantitative estimate of drug-likeness (QED) is 0.784. The molecular weight excluding hydrogens is 258 g/mol. The van der Waals surface area contributed by atoms with E-state index in [0.717, 1.165) is 15.7 Å². The number of benzene rings is 1. The van der Waals surface area contributed by atoms with Crippen LogP contribution in [0.5, 0.6) is 0 Å². The molecule has 1 aromatic rings. The minimum absolute atomic E-state index is 0.109. The van der Waals surface area contributed by atoms with Crippen LogP contribution in [0, 0.1) is 6.92 Å². The number of rotatable bonds is 1. The molecule has 1 fully saturated rings. The van der Waals surface area contributed by atoms with Gasteiger partial charge in [0.05, 0.1) is 6.04 Å². The lowest BCUT2D eigenvalue weighted by molar-refractivity contribution is 0.179. The van der Waals surface area contributed by atoms with Gasteiger partial charge >= 0.3 is 6.09 Å². The smallest absolute Gasteiger partial charge is 0.414 e. The van der Waals surface area contributed by atoms with Gasteiger partial charge in [0, 0.05) is 10.2 Å². The van der Waals surface area contributed by atoms with Crippen LogP contribution < -0.4 is 4.90 Å². The lowest BCUT2D eigenvalue weighted by Gasteiger charge is -2.18. The molecule has 4 heteroatoms. The molecule has 0 N–H and O–H groups in total. The molecule has 1 aromatic carbocycles. The Morgan fingerprint density at radius 2 is 2.27 bits per heavy atom. The number of hydrogen-bond acceptors (Lipinski definition) is 2. The summed E-state index contributed by atoms with van der Waals surface area (Å²) >= 11 is 3.43. The van der Waals surface area contributed by atoms with Gasteiger partial charge in [-0.05, 0) is 37.6 Å². The maximum atomic E-state index is 11.5. The van der Waals surface area contributed by atoms with Crippen molar-refractivity contribution in [3.8, 4) is 0 Å². The molecule has 1 aliphatic heterocycles. The number of hydrogen-bond donors (Lipinski definition) is 0. The highest BCUT2D eigenvalue weighted by Gasteiger charge is 2.30. The van der Waals surface area contributed by atoms with E-state index in [0.29, 0.717) is 6.61 Å². The standard InChI is InChI=1S/C11H12BrNO2/c1-7-5-9(3-4-10(7)12)13-8(2)6-15-11(13)14/h3-5,8H,6H2,1-2H3. The molecular formula is C11H12BrNO2. The number of amides is 1. The molecule has 1 unspecified atom stereocenters. The Kier molecular flexibility index (Phi) is 2.69. The van der Waals surface area contributed by atoms with Crippen molar-refractivity contribution in [2.45, 2.75) is 19.9 Å². The van der Waals surface area contributed by atoms with Gasteiger partial charge < -0.3 is 4.74 Å². The minimum Gasteiger partial charge on any atom is -0.447 e. The summed E-state index contributed by atoms with van der Waals surface area (Å²) in [4.78, 5) is 13.2. The van der Waals surface area contributed by atoms with Crippen molar-refractivity contribution in [2.75, 3.05) is 11.5 Å². The molecule has 0 bridgehead atoms. The maximum Gasteiger partial charge on any atom is 0.414 e. The third-order valence-electron chi connectivity index (χ3n) is 2.51. The van der Waals surface area contributed by atoms with Gasteiger partial charge in [-0.1, -0.05) is 15.9 Å². The number of nitrogens with zero attached hydrogens (tertiary/aromatic N) is 1. The molecule has 1 atom stereocenters. The number of aryl methyl sites for hydroxylation is 1. The zero-order valence-corrected chi connectivity index (χ0v) is 10.2. The monoisotopic (exact) mass is 269 g/mol. The van der Waals surface area contributed by atoms with Crippen LogP contribution in [0.4, 0.5) is 10.5 Å². The van der Waals surface area contributed by atoms with Crippen LogP contribution in [0.15, 0.2) is 22.7 Å². The third-order valence-corrected chi connectivity index (χ3v) is 3.39. The van der Waals surface area contributed by atoms with E-state index in [1.165, 1.54) is 0 Å². The average molecular weight is 270 g/mol. The van der Waals surface area contributed by atoms with E-state index in [9.17, 15) is 4.79 Å². The van der Waals surface area contributed by atoms with Crippen molar-refractivity contribution in [1.29, 1.82) is 0 Å². The Morgan fingerprint density at radius 1 is 1.53 bits per heavy atom. The topological polar surface area (TPSA) is 29.5 Å². The van der Waals surface area contributed by atoms with E-state index in [1.807, 2.05) is 32.0 Å². The average Bonchev–Trinajstić information content (AvgIpc) is 2.52. The number of carbonyl (C=O) groups excluding carboxylic acids is 1. The van der Waals surface area contributed by atoms with Gasteiger partial charge in [-0.2, -0.15) is 0 Å². The molecule has 80 valence electrons. The van der Waals surface area contributed by atoms with Gasteiger partial charge in [0.25, 0.3) is 0 Å². The summed E-state index contributed by atoms with van der Waals surface area (Å²) in [5.41, 5.74) is 2.00. The predicted molar refractivity (Wildman–Crippen MR) is 62.2 cm³/mol. The van der Waals surface area contributed by atoms with Crippen LogP contribution >= 0.6 is 15.9 Å². The normalized spacial score (nSPS) is 20.6. The van der Waals surface area contributed by atoms with E-state index in [1.54, 1.807) is 4.90 Å². The molecule has 2 rings (SSSR count). The first-order chi connectivity index (χ1) is 7.09.